The van der Waals surface area contributed by atoms with Crippen molar-refractivity contribution >= 4 is 11.6 Å². The van der Waals surface area contributed by atoms with E-state index in [1.165, 1.54) is 0 Å². The summed E-state index contributed by atoms with van der Waals surface area (Å²) < 4.78 is 11.4. The largest absolute Gasteiger partial charge is 0.348 e. The Morgan fingerprint density at radius 3 is 2.47 bits per heavy atom. The highest BCUT2D eigenvalue weighted by Gasteiger charge is 2.48. The molecule has 0 bridgehead atoms. The summed E-state index contributed by atoms with van der Waals surface area (Å²) in [4.78, 5) is 4.09. The van der Waals surface area contributed by atoms with Crippen molar-refractivity contribution in [2.24, 2.45) is 0 Å². The lowest BCUT2D eigenvalue weighted by Gasteiger charge is -2.40. The first kappa shape index (κ1) is 12.9. The minimum atomic E-state index is -0.564. The van der Waals surface area contributed by atoms with Crippen molar-refractivity contribution in [1.29, 1.82) is 5.26 Å². The van der Waals surface area contributed by atoms with E-state index in [0.717, 1.165) is 18.4 Å². The van der Waals surface area contributed by atoms with Gasteiger partial charge in [0.05, 0.1) is 24.7 Å². The first-order valence-electron chi connectivity index (χ1n) is 6.50. The van der Waals surface area contributed by atoms with Crippen LogP contribution in [0.4, 0.5) is 0 Å². The second-order valence-electron chi connectivity index (χ2n) is 5.14. The molecule has 0 amide bonds. The molecule has 1 aromatic heterocycles. The van der Waals surface area contributed by atoms with E-state index in [1.807, 2.05) is 12.1 Å². The summed E-state index contributed by atoms with van der Waals surface area (Å²) in [5, 5.41) is 10.1. The van der Waals surface area contributed by atoms with Gasteiger partial charge in [-0.2, -0.15) is 5.26 Å². The van der Waals surface area contributed by atoms with Crippen LogP contribution in [0.25, 0.3) is 0 Å². The van der Waals surface area contributed by atoms with Crippen molar-refractivity contribution in [2.75, 3.05) is 13.2 Å². The average Bonchev–Trinajstić information content (AvgIpc) is 2.90. The third-order valence-electron chi connectivity index (χ3n) is 4.17. The standard InChI is InChI=1S/C14H15ClN2O2/c15-12-11(2-1-7-17-12)13(10-16)3-5-14(6-4-13)18-8-9-19-14/h1-2,7H,3-6,8-9H2. The molecule has 5 heteroatoms. The van der Waals surface area contributed by atoms with Gasteiger partial charge in [-0.25, -0.2) is 4.98 Å². The zero-order valence-corrected chi connectivity index (χ0v) is 11.3. The molecule has 4 nitrogen and oxygen atoms in total. The maximum atomic E-state index is 9.63. The number of nitrogens with zero attached hydrogens (tertiary/aromatic N) is 2. The molecule has 1 aliphatic heterocycles. The SMILES string of the molecule is N#CC1(c2cccnc2Cl)CCC2(CC1)OCCO2. The van der Waals surface area contributed by atoms with Crippen LogP contribution in [0.15, 0.2) is 18.3 Å². The van der Waals surface area contributed by atoms with Crippen LogP contribution in [0.1, 0.15) is 31.2 Å². The maximum Gasteiger partial charge on any atom is 0.168 e. The van der Waals surface area contributed by atoms with Gasteiger partial charge in [-0.1, -0.05) is 17.7 Å². The Hall–Kier alpha value is -1.15. The van der Waals surface area contributed by atoms with Crippen molar-refractivity contribution in [3.63, 3.8) is 0 Å². The lowest BCUT2D eigenvalue weighted by Crippen LogP contribution is -2.41. The monoisotopic (exact) mass is 278 g/mol. The summed E-state index contributed by atoms with van der Waals surface area (Å²) in [6.07, 6.45) is 4.48. The number of pyridine rings is 1. The lowest BCUT2D eigenvalue weighted by atomic mass is 9.69. The average molecular weight is 279 g/mol. The molecule has 19 heavy (non-hydrogen) atoms. The van der Waals surface area contributed by atoms with Gasteiger partial charge in [0.2, 0.25) is 0 Å². The molecule has 1 saturated heterocycles. The van der Waals surface area contributed by atoms with Gasteiger partial charge in [0, 0.05) is 24.6 Å². The predicted molar refractivity (Wildman–Crippen MR) is 69.6 cm³/mol. The van der Waals surface area contributed by atoms with Gasteiger partial charge in [-0.15, -0.1) is 0 Å². The molecule has 0 N–H and O–H groups in total. The molecule has 1 aromatic rings. The summed E-state index contributed by atoms with van der Waals surface area (Å²) in [5.74, 6) is -0.463. The second kappa shape index (κ2) is 4.75. The highest BCUT2D eigenvalue weighted by molar-refractivity contribution is 6.30. The predicted octanol–water partition coefficient (Wildman–Crippen LogP) is 2.81. The summed E-state index contributed by atoms with van der Waals surface area (Å²) in [7, 11) is 0. The molecular weight excluding hydrogens is 264 g/mol. The van der Waals surface area contributed by atoms with E-state index in [9.17, 15) is 5.26 Å². The van der Waals surface area contributed by atoms with Gasteiger partial charge in [0.1, 0.15) is 5.15 Å². The Morgan fingerprint density at radius 1 is 1.21 bits per heavy atom. The second-order valence-corrected chi connectivity index (χ2v) is 5.50. The van der Waals surface area contributed by atoms with Gasteiger partial charge < -0.3 is 9.47 Å². The maximum absolute atomic E-state index is 9.63. The number of rotatable bonds is 1. The smallest absolute Gasteiger partial charge is 0.168 e. The summed E-state index contributed by atoms with van der Waals surface area (Å²) in [6.45, 7) is 1.29. The Balaban J connectivity index is 1.87. The molecule has 0 atom stereocenters. The molecule has 1 spiro atoms. The fourth-order valence-corrected chi connectivity index (χ4v) is 3.33. The molecule has 2 aliphatic rings. The van der Waals surface area contributed by atoms with Gasteiger partial charge in [-0.3, -0.25) is 0 Å². The number of halogens is 1. The van der Waals surface area contributed by atoms with Crippen molar-refractivity contribution in [2.45, 2.75) is 36.9 Å². The van der Waals surface area contributed by atoms with Crippen LogP contribution in [0.5, 0.6) is 0 Å². The molecule has 1 saturated carbocycles. The van der Waals surface area contributed by atoms with Crippen molar-refractivity contribution in [3.05, 3.63) is 29.0 Å². The normalized spacial score (nSPS) is 24.2. The van der Waals surface area contributed by atoms with Crippen LogP contribution in [0.2, 0.25) is 5.15 Å². The molecule has 2 heterocycles. The Bertz CT molecular complexity index is 510. The molecular formula is C14H15ClN2O2. The fourth-order valence-electron chi connectivity index (χ4n) is 3.03. The van der Waals surface area contributed by atoms with Gasteiger partial charge in [0.25, 0.3) is 0 Å². The van der Waals surface area contributed by atoms with Crippen LogP contribution in [0.3, 0.4) is 0 Å². The zero-order valence-electron chi connectivity index (χ0n) is 10.6. The van der Waals surface area contributed by atoms with Crippen LogP contribution < -0.4 is 0 Å². The van der Waals surface area contributed by atoms with E-state index in [1.54, 1.807) is 6.20 Å². The highest BCUT2D eigenvalue weighted by Crippen LogP contribution is 2.47. The van der Waals surface area contributed by atoms with E-state index in [4.69, 9.17) is 21.1 Å². The van der Waals surface area contributed by atoms with E-state index in [-0.39, 0.29) is 0 Å². The van der Waals surface area contributed by atoms with E-state index >= 15 is 0 Å². The Kier molecular flexibility index (Phi) is 3.22. The first-order valence-corrected chi connectivity index (χ1v) is 6.88. The van der Waals surface area contributed by atoms with E-state index in [0.29, 0.717) is 31.2 Å². The summed E-state index contributed by atoms with van der Waals surface area (Å²) in [5.41, 5.74) is 0.262. The minimum absolute atomic E-state index is 0.424. The molecule has 100 valence electrons. The van der Waals surface area contributed by atoms with E-state index < -0.39 is 11.2 Å². The highest BCUT2D eigenvalue weighted by atomic mass is 35.5. The number of ether oxygens (including phenoxy) is 2. The van der Waals surface area contributed by atoms with Crippen molar-refractivity contribution < 1.29 is 9.47 Å². The topological polar surface area (TPSA) is 55.1 Å². The number of hydrogen-bond donors (Lipinski definition) is 0. The molecule has 2 fully saturated rings. The lowest BCUT2D eigenvalue weighted by molar-refractivity contribution is -0.182. The third kappa shape index (κ3) is 2.12. The van der Waals surface area contributed by atoms with Crippen LogP contribution in [0, 0.1) is 11.3 Å². The number of aromatic nitrogens is 1. The van der Waals surface area contributed by atoms with Crippen molar-refractivity contribution in [3.8, 4) is 6.07 Å². The number of nitriles is 1. The fraction of sp³-hybridized carbons (Fsp3) is 0.571. The molecule has 0 aromatic carbocycles. The minimum Gasteiger partial charge on any atom is -0.348 e. The van der Waals surface area contributed by atoms with Crippen LogP contribution in [-0.4, -0.2) is 24.0 Å². The Morgan fingerprint density at radius 2 is 1.89 bits per heavy atom. The number of hydrogen-bond acceptors (Lipinski definition) is 4. The van der Waals surface area contributed by atoms with Gasteiger partial charge >= 0.3 is 0 Å². The molecule has 0 unspecified atom stereocenters. The third-order valence-corrected chi connectivity index (χ3v) is 4.47. The zero-order chi connectivity index (χ0) is 13.3. The van der Waals surface area contributed by atoms with Gasteiger partial charge in [0.15, 0.2) is 5.79 Å². The summed E-state index contributed by atoms with van der Waals surface area (Å²) >= 11 is 6.15. The first-order chi connectivity index (χ1) is 9.20. The molecule has 1 aliphatic carbocycles. The molecule has 3 rings (SSSR count). The quantitative estimate of drug-likeness (QED) is 0.741. The van der Waals surface area contributed by atoms with Crippen LogP contribution in [-0.2, 0) is 14.9 Å². The molecule has 0 radical (unpaired) electrons. The van der Waals surface area contributed by atoms with Crippen LogP contribution >= 0.6 is 11.6 Å². The van der Waals surface area contributed by atoms with Crippen molar-refractivity contribution in [1.82, 2.24) is 4.98 Å². The van der Waals surface area contributed by atoms with Gasteiger partial charge in [-0.05, 0) is 18.9 Å². The van der Waals surface area contributed by atoms with E-state index in [2.05, 4.69) is 11.1 Å². The summed E-state index contributed by atoms with van der Waals surface area (Å²) in [6, 6.07) is 6.17. The Labute approximate surface area is 117 Å².